The van der Waals surface area contributed by atoms with Gasteiger partial charge in [-0.25, -0.2) is 4.98 Å². The molecule has 0 saturated carbocycles. The fourth-order valence-corrected chi connectivity index (χ4v) is 4.37. The number of nitrogens with zero attached hydrogens (tertiary/aromatic N) is 5. The van der Waals surface area contributed by atoms with Crippen LogP contribution in [0.3, 0.4) is 0 Å². The van der Waals surface area contributed by atoms with E-state index >= 15 is 0 Å². The molecule has 1 aromatic carbocycles. The van der Waals surface area contributed by atoms with E-state index in [1.54, 1.807) is 0 Å². The lowest BCUT2D eigenvalue weighted by Gasteiger charge is -2.38. The normalized spacial score (nSPS) is 20.2. The fourth-order valence-electron chi connectivity index (χ4n) is 4.12. The van der Waals surface area contributed by atoms with Crippen LogP contribution in [0.4, 0.5) is 11.5 Å². The number of aliphatic imine (C=N–C) groups is 1. The molecule has 0 amide bonds. The van der Waals surface area contributed by atoms with Crippen LogP contribution >= 0.6 is 11.6 Å². The number of rotatable bonds is 4. The smallest absolute Gasteiger partial charge is 0.194 e. The Labute approximate surface area is 189 Å². The van der Waals surface area contributed by atoms with Crippen molar-refractivity contribution >= 4 is 29.1 Å². The highest BCUT2D eigenvalue weighted by Gasteiger charge is 2.21. The van der Waals surface area contributed by atoms with Gasteiger partial charge in [0.2, 0.25) is 0 Å². The van der Waals surface area contributed by atoms with Crippen LogP contribution in [-0.4, -0.2) is 74.9 Å². The standard InChI is InChI=1S/C23H31ClN6O/c1-18-17-30(13-14-31-18)22-8-7-19(15-26-22)16-27-23(25-2)29-11-9-28(10-12-29)21-6-4-3-5-20(21)24/h3-8,15,18H,9-14,16-17H2,1-2H3,(H,25,27). The second-order valence-corrected chi connectivity index (χ2v) is 8.39. The number of benzene rings is 1. The molecule has 3 heterocycles. The van der Waals surface area contributed by atoms with Gasteiger partial charge >= 0.3 is 0 Å². The summed E-state index contributed by atoms with van der Waals surface area (Å²) in [6, 6.07) is 12.3. The van der Waals surface area contributed by atoms with E-state index in [1.807, 2.05) is 31.4 Å². The number of halogens is 1. The van der Waals surface area contributed by atoms with Gasteiger partial charge < -0.3 is 24.8 Å². The Hall–Kier alpha value is -2.51. The van der Waals surface area contributed by atoms with Gasteiger partial charge in [-0.1, -0.05) is 29.8 Å². The summed E-state index contributed by atoms with van der Waals surface area (Å²) in [5.41, 5.74) is 2.24. The topological polar surface area (TPSA) is 56.2 Å². The molecular weight excluding hydrogens is 412 g/mol. The first-order valence-electron chi connectivity index (χ1n) is 10.9. The van der Waals surface area contributed by atoms with E-state index in [4.69, 9.17) is 16.3 Å². The van der Waals surface area contributed by atoms with Crippen molar-refractivity contribution in [3.8, 4) is 0 Å². The van der Waals surface area contributed by atoms with Gasteiger partial charge in [0.15, 0.2) is 5.96 Å². The zero-order valence-electron chi connectivity index (χ0n) is 18.3. The van der Waals surface area contributed by atoms with Crippen LogP contribution in [0.15, 0.2) is 47.6 Å². The number of piperazine rings is 1. The molecule has 0 aliphatic carbocycles. The maximum atomic E-state index is 6.36. The summed E-state index contributed by atoms with van der Waals surface area (Å²) in [6.07, 6.45) is 2.20. The molecule has 8 heteroatoms. The summed E-state index contributed by atoms with van der Waals surface area (Å²) in [4.78, 5) is 16.1. The van der Waals surface area contributed by atoms with Gasteiger partial charge in [0.25, 0.3) is 0 Å². The Kier molecular flexibility index (Phi) is 7.14. The Morgan fingerprint density at radius 2 is 1.94 bits per heavy atom. The van der Waals surface area contributed by atoms with E-state index in [0.717, 1.165) is 73.9 Å². The lowest BCUT2D eigenvalue weighted by atomic mass is 10.2. The number of aromatic nitrogens is 1. The summed E-state index contributed by atoms with van der Waals surface area (Å²) in [7, 11) is 1.84. The van der Waals surface area contributed by atoms with E-state index in [2.05, 4.69) is 55.1 Å². The number of ether oxygens (including phenoxy) is 1. The van der Waals surface area contributed by atoms with Gasteiger partial charge in [-0.15, -0.1) is 0 Å². The molecule has 2 aliphatic heterocycles. The summed E-state index contributed by atoms with van der Waals surface area (Å²) < 4.78 is 5.62. The van der Waals surface area contributed by atoms with Crippen LogP contribution in [0.1, 0.15) is 12.5 Å². The Morgan fingerprint density at radius 1 is 1.13 bits per heavy atom. The number of guanidine groups is 1. The van der Waals surface area contributed by atoms with Crippen LogP contribution in [-0.2, 0) is 11.3 Å². The van der Waals surface area contributed by atoms with Crippen molar-refractivity contribution in [2.24, 2.45) is 4.99 Å². The van der Waals surface area contributed by atoms with Gasteiger partial charge in [0, 0.05) is 59.1 Å². The quantitative estimate of drug-likeness (QED) is 0.580. The second-order valence-electron chi connectivity index (χ2n) is 7.98. The van der Waals surface area contributed by atoms with Gasteiger partial charge in [-0.3, -0.25) is 4.99 Å². The van der Waals surface area contributed by atoms with E-state index in [9.17, 15) is 0 Å². The lowest BCUT2D eigenvalue weighted by molar-refractivity contribution is 0.0529. The van der Waals surface area contributed by atoms with Crippen molar-refractivity contribution in [2.45, 2.75) is 19.6 Å². The summed E-state index contributed by atoms with van der Waals surface area (Å²) in [5.74, 6) is 1.93. The number of pyridine rings is 1. The van der Waals surface area contributed by atoms with Crippen molar-refractivity contribution in [2.75, 3.05) is 62.7 Å². The SMILES string of the molecule is CN=C(NCc1ccc(N2CCOC(C)C2)nc1)N1CCN(c2ccccc2Cl)CC1. The van der Waals surface area contributed by atoms with Gasteiger partial charge in [0.05, 0.1) is 23.4 Å². The van der Waals surface area contributed by atoms with Crippen LogP contribution in [0, 0.1) is 0 Å². The fraction of sp³-hybridized carbons (Fsp3) is 0.478. The highest BCUT2D eigenvalue weighted by atomic mass is 35.5. The van der Waals surface area contributed by atoms with E-state index < -0.39 is 0 Å². The molecule has 31 heavy (non-hydrogen) atoms. The van der Waals surface area contributed by atoms with Crippen LogP contribution < -0.4 is 15.1 Å². The van der Waals surface area contributed by atoms with Gasteiger partial charge in [-0.2, -0.15) is 0 Å². The minimum atomic E-state index is 0.249. The minimum absolute atomic E-state index is 0.249. The molecule has 7 nitrogen and oxygen atoms in total. The Bertz CT molecular complexity index is 882. The molecule has 2 fully saturated rings. The number of hydrogen-bond acceptors (Lipinski definition) is 5. The van der Waals surface area contributed by atoms with E-state index in [1.165, 1.54) is 0 Å². The molecule has 2 saturated heterocycles. The highest BCUT2D eigenvalue weighted by Crippen LogP contribution is 2.26. The Balaban J connectivity index is 1.28. The maximum absolute atomic E-state index is 6.36. The molecule has 1 unspecified atom stereocenters. The van der Waals surface area contributed by atoms with Crippen LogP contribution in [0.5, 0.6) is 0 Å². The number of anilines is 2. The molecule has 2 aliphatic rings. The molecule has 4 rings (SSSR count). The number of morpholine rings is 1. The van der Waals surface area contributed by atoms with Crippen molar-refractivity contribution in [3.05, 3.63) is 53.2 Å². The minimum Gasteiger partial charge on any atom is -0.375 e. The molecule has 1 atom stereocenters. The molecule has 1 aromatic heterocycles. The molecule has 2 aromatic rings. The van der Waals surface area contributed by atoms with Crippen molar-refractivity contribution in [3.63, 3.8) is 0 Å². The summed E-state index contributed by atoms with van der Waals surface area (Å²) in [5, 5.41) is 4.29. The number of para-hydroxylation sites is 1. The van der Waals surface area contributed by atoms with Gasteiger partial charge in [0.1, 0.15) is 5.82 Å². The van der Waals surface area contributed by atoms with Crippen LogP contribution in [0.2, 0.25) is 5.02 Å². The molecular formula is C23H31ClN6O. The molecule has 1 N–H and O–H groups in total. The van der Waals surface area contributed by atoms with E-state index in [-0.39, 0.29) is 6.10 Å². The van der Waals surface area contributed by atoms with Crippen molar-refractivity contribution < 1.29 is 4.74 Å². The molecule has 0 spiro atoms. The first kappa shape index (κ1) is 21.7. The average Bonchev–Trinajstić information content (AvgIpc) is 2.81. The summed E-state index contributed by atoms with van der Waals surface area (Å²) >= 11 is 6.36. The maximum Gasteiger partial charge on any atom is 0.194 e. The predicted octanol–water partition coefficient (Wildman–Crippen LogP) is 2.86. The third-order valence-electron chi connectivity index (χ3n) is 5.81. The molecule has 0 radical (unpaired) electrons. The third-order valence-corrected chi connectivity index (χ3v) is 6.13. The molecule has 166 valence electrons. The van der Waals surface area contributed by atoms with Crippen LogP contribution in [0.25, 0.3) is 0 Å². The largest absolute Gasteiger partial charge is 0.375 e. The summed E-state index contributed by atoms with van der Waals surface area (Å²) in [6.45, 7) is 8.96. The number of hydrogen-bond donors (Lipinski definition) is 1. The lowest BCUT2D eigenvalue weighted by Crippen LogP contribution is -2.52. The highest BCUT2D eigenvalue weighted by molar-refractivity contribution is 6.33. The average molecular weight is 443 g/mol. The van der Waals surface area contributed by atoms with Gasteiger partial charge in [-0.05, 0) is 30.7 Å². The predicted molar refractivity (Wildman–Crippen MR) is 127 cm³/mol. The zero-order chi connectivity index (χ0) is 21.6. The van der Waals surface area contributed by atoms with Crippen molar-refractivity contribution in [1.29, 1.82) is 0 Å². The van der Waals surface area contributed by atoms with Crippen molar-refractivity contribution in [1.82, 2.24) is 15.2 Å². The monoisotopic (exact) mass is 442 g/mol. The van der Waals surface area contributed by atoms with E-state index in [0.29, 0.717) is 6.54 Å². The second kappa shape index (κ2) is 10.2. The first-order valence-corrected chi connectivity index (χ1v) is 11.3. The molecule has 0 bridgehead atoms. The Morgan fingerprint density at radius 3 is 2.61 bits per heavy atom. The third kappa shape index (κ3) is 5.40. The number of nitrogens with one attached hydrogen (secondary N) is 1. The zero-order valence-corrected chi connectivity index (χ0v) is 19.1. The first-order chi connectivity index (χ1) is 15.1.